The Bertz CT molecular complexity index is 486. The monoisotopic (exact) mass is 261 g/mol. The molecule has 0 aliphatic heterocycles. The first-order chi connectivity index (χ1) is 8.73. The molecule has 4 heteroatoms. The van der Waals surface area contributed by atoms with Crippen molar-refractivity contribution < 1.29 is 14.4 Å². The molecule has 1 rings (SSSR count). The lowest BCUT2D eigenvalue weighted by Gasteiger charge is -2.33. The molecule has 0 saturated carbocycles. The smallest absolute Gasteiger partial charge is 0.332 e. The summed E-state index contributed by atoms with van der Waals surface area (Å²) < 4.78 is 0. The molecule has 0 spiro atoms. The van der Waals surface area contributed by atoms with E-state index in [0.29, 0.717) is 11.1 Å². The van der Waals surface area contributed by atoms with Gasteiger partial charge in [0.05, 0.1) is 11.1 Å². The molecule has 102 valence electrons. The van der Waals surface area contributed by atoms with Crippen LogP contribution in [-0.2, 0) is 9.63 Å². The van der Waals surface area contributed by atoms with Crippen molar-refractivity contribution in [2.45, 2.75) is 33.2 Å². The van der Waals surface area contributed by atoms with Gasteiger partial charge in [-0.15, -0.1) is 0 Å². The number of hydroxylamine groups is 2. The van der Waals surface area contributed by atoms with Crippen LogP contribution in [0.1, 0.15) is 38.1 Å². The first kappa shape index (κ1) is 15.0. The molecule has 1 aromatic carbocycles. The van der Waals surface area contributed by atoms with Crippen molar-refractivity contribution in [1.29, 1.82) is 0 Å². The van der Waals surface area contributed by atoms with Crippen LogP contribution in [0.4, 0.5) is 0 Å². The fourth-order valence-corrected chi connectivity index (χ4v) is 1.37. The molecule has 4 nitrogen and oxygen atoms in total. The first-order valence-corrected chi connectivity index (χ1v) is 6.01. The van der Waals surface area contributed by atoms with Gasteiger partial charge in [0.25, 0.3) is 5.91 Å². The van der Waals surface area contributed by atoms with Crippen molar-refractivity contribution in [3.05, 3.63) is 48.0 Å². The maximum atomic E-state index is 12.0. The minimum Gasteiger partial charge on any atom is -0.332 e. The number of amides is 1. The fourth-order valence-electron chi connectivity index (χ4n) is 1.37. The number of rotatable bonds is 2. The Labute approximate surface area is 113 Å². The highest BCUT2D eigenvalue weighted by atomic mass is 16.7. The van der Waals surface area contributed by atoms with E-state index in [1.165, 1.54) is 0 Å². The first-order valence-electron chi connectivity index (χ1n) is 6.01. The Morgan fingerprint density at radius 1 is 1.16 bits per heavy atom. The zero-order chi connectivity index (χ0) is 14.6. The summed E-state index contributed by atoms with van der Waals surface area (Å²) in [5, 5.41) is 1.06. The third-order valence-electron chi connectivity index (χ3n) is 2.34. The molecule has 0 N–H and O–H groups in total. The van der Waals surface area contributed by atoms with Gasteiger partial charge in [0.2, 0.25) is 0 Å². The van der Waals surface area contributed by atoms with Crippen molar-refractivity contribution in [3.63, 3.8) is 0 Å². The van der Waals surface area contributed by atoms with Crippen LogP contribution >= 0.6 is 0 Å². The molecule has 1 aromatic rings. The van der Waals surface area contributed by atoms with Crippen LogP contribution in [0.5, 0.6) is 0 Å². The molecule has 19 heavy (non-hydrogen) atoms. The second kappa shape index (κ2) is 5.69. The Morgan fingerprint density at radius 3 is 2.11 bits per heavy atom. The van der Waals surface area contributed by atoms with E-state index in [4.69, 9.17) is 4.84 Å². The Balaban J connectivity index is 2.94. The molecular weight excluding hydrogens is 242 g/mol. The predicted octanol–water partition coefficient (Wildman–Crippen LogP) is 2.96. The van der Waals surface area contributed by atoms with E-state index in [9.17, 15) is 9.59 Å². The van der Waals surface area contributed by atoms with Gasteiger partial charge >= 0.3 is 5.97 Å². The van der Waals surface area contributed by atoms with Crippen LogP contribution in [-0.4, -0.2) is 22.5 Å². The van der Waals surface area contributed by atoms with Crippen LogP contribution in [0.15, 0.2) is 42.5 Å². The third kappa shape index (κ3) is 3.95. The van der Waals surface area contributed by atoms with E-state index in [-0.39, 0.29) is 0 Å². The normalized spacial score (nSPS) is 10.7. The second-order valence-corrected chi connectivity index (χ2v) is 5.30. The molecule has 0 unspecified atom stereocenters. The summed E-state index contributed by atoms with van der Waals surface area (Å²) in [4.78, 5) is 29.2. The number of hydrogen-bond acceptors (Lipinski definition) is 3. The summed E-state index contributed by atoms with van der Waals surface area (Å²) in [6.07, 6.45) is 0. The highest BCUT2D eigenvalue weighted by molar-refractivity contribution is 5.95. The van der Waals surface area contributed by atoms with Crippen LogP contribution in [0.3, 0.4) is 0 Å². The summed E-state index contributed by atoms with van der Waals surface area (Å²) in [5.41, 5.74) is 0.0718. The molecule has 1 amide bonds. The van der Waals surface area contributed by atoms with Gasteiger partial charge in [-0.05, 0) is 39.8 Å². The van der Waals surface area contributed by atoms with Gasteiger partial charge in [0.15, 0.2) is 0 Å². The Morgan fingerprint density at radius 2 is 1.68 bits per heavy atom. The van der Waals surface area contributed by atoms with Gasteiger partial charge in [-0.25, -0.2) is 4.79 Å². The lowest BCUT2D eigenvalue weighted by molar-refractivity contribution is -0.184. The van der Waals surface area contributed by atoms with E-state index in [1.54, 1.807) is 58.0 Å². The standard InChI is InChI=1S/C15H19NO3/c1-11(2)13(17)16(15(3,4)5)19-14(18)12-9-7-6-8-10-12/h6-10H,1H2,2-5H3. The van der Waals surface area contributed by atoms with Crippen molar-refractivity contribution in [2.24, 2.45) is 0 Å². The van der Waals surface area contributed by atoms with Gasteiger partial charge in [0, 0.05) is 5.57 Å². The quantitative estimate of drug-likeness (QED) is 0.607. The summed E-state index contributed by atoms with van der Waals surface area (Å²) in [5.74, 6) is -0.970. The minimum absolute atomic E-state index is 0.316. The molecule has 0 atom stereocenters. The molecule has 0 heterocycles. The summed E-state index contributed by atoms with van der Waals surface area (Å²) in [6.45, 7) is 10.5. The van der Waals surface area contributed by atoms with Crippen molar-refractivity contribution in [2.75, 3.05) is 0 Å². The topological polar surface area (TPSA) is 46.6 Å². The zero-order valence-corrected chi connectivity index (χ0v) is 11.8. The van der Waals surface area contributed by atoms with Crippen molar-refractivity contribution in [3.8, 4) is 0 Å². The van der Waals surface area contributed by atoms with Crippen molar-refractivity contribution >= 4 is 11.9 Å². The number of benzene rings is 1. The number of carbonyl (C=O) groups is 2. The summed E-state index contributed by atoms with van der Waals surface area (Å²) in [6, 6.07) is 8.54. The number of nitrogens with zero attached hydrogens (tertiary/aromatic N) is 1. The molecule has 0 radical (unpaired) electrons. The third-order valence-corrected chi connectivity index (χ3v) is 2.34. The zero-order valence-electron chi connectivity index (χ0n) is 11.8. The van der Waals surface area contributed by atoms with Gasteiger partial charge in [-0.1, -0.05) is 24.8 Å². The average molecular weight is 261 g/mol. The van der Waals surface area contributed by atoms with Crippen LogP contribution in [0.25, 0.3) is 0 Å². The number of hydrogen-bond donors (Lipinski definition) is 0. The molecule has 0 aliphatic carbocycles. The molecule has 0 saturated heterocycles. The van der Waals surface area contributed by atoms with Gasteiger partial charge in [0.1, 0.15) is 0 Å². The molecule has 0 aliphatic rings. The number of carbonyl (C=O) groups excluding carboxylic acids is 2. The maximum Gasteiger partial charge on any atom is 0.363 e. The average Bonchev–Trinajstić information content (AvgIpc) is 2.34. The lowest BCUT2D eigenvalue weighted by Crippen LogP contribution is -2.47. The SMILES string of the molecule is C=C(C)C(=O)N(OC(=O)c1ccccc1)C(C)(C)C. The van der Waals surface area contributed by atoms with Crippen LogP contribution in [0.2, 0.25) is 0 Å². The fraction of sp³-hybridized carbons (Fsp3) is 0.333. The summed E-state index contributed by atoms with van der Waals surface area (Å²) >= 11 is 0. The lowest BCUT2D eigenvalue weighted by atomic mass is 10.1. The minimum atomic E-state index is -0.638. The van der Waals surface area contributed by atoms with Gasteiger partial charge in [-0.2, -0.15) is 5.06 Å². The predicted molar refractivity (Wildman–Crippen MR) is 73.3 cm³/mol. The van der Waals surface area contributed by atoms with E-state index in [2.05, 4.69) is 6.58 Å². The van der Waals surface area contributed by atoms with Crippen molar-refractivity contribution in [1.82, 2.24) is 5.06 Å². The molecule has 0 aromatic heterocycles. The van der Waals surface area contributed by atoms with E-state index in [1.807, 2.05) is 0 Å². The largest absolute Gasteiger partial charge is 0.363 e. The molecular formula is C15H19NO3. The van der Waals surface area contributed by atoms with E-state index < -0.39 is 17.4 Å². The summed E-state index contributed by atoms with van der Waals surface area (Å²) in [7, 11) is 0. The van der Waals surface area contributed by atoms with Crippen LogP contribution < -0.4 is 0 Å². The molecule has 0 bridgehead atoms. The van der Waals surface area contributed by atoms with Gasteiger partial charge in [-0.3, -0.25) is 4.79 Å². The van der Waals surface area contributed by atoms with Gasteiger partial charge < -0.3 is 4.84 Å². The Kier molecular flexibility index (Phi) is 4.48. The van der Waals surface area contributed by atoms with Crippen LogP contribution in [0, 0.1) is 0 Å². The van der Waals surface area contributed by atoms with E-state index >= 15 is 0 Å². The highest BCUT2D eigenvalue weighted by Crippen LogP contribution is 2.18. The Hall–Kier alpha value is -2.10. The highest BCUT2D eigenvalue weighted by Gasteiger charge is 2.31. The maximum absolute atomic E-state index is 12.0. The molecule has 0 fully saturated rings. The second-order valence-electron chi connectivity index (χ2n) is 5.30. The van der Waals surface area contributed by atoms with E-state index in [0.717, 1.165) is 5.06 Å².